The van der Waals surface area contributed by atoms with Gasteiger partial charge in [-0.2, -0.15) is 0 Å². The zero-order valence-electron chi connectivity index (χ0n) is 30.2. The van der Waals surface area contributed by atoms with Crippen molar-refractivity contribution in [2.24, 2.45) is 0 Å². The van der Waals surface area contributed by atoms with Crippen molar-refractivity contribution in [1.29, 1.82) is 0 Å². The molecule has 4 heterocycles. The van der Waals surface area contributed by atoms with Gasteiger partial charge in [0.15, 0.2) is 11.2 Å². The van der Waals surface area contributed by atoms with Crippen LogP contribution in [-0.2, 0) is 0 Å². The maximum absolute atomic E-state index is 9.24. The monoisotopic (exact) mass is 708 g/mol. The number of anilines is 3. The Hall–Kier alpha value is -7.64. The lowest BCUT2D eigenvalue weighted by Crippen LogP contribution is -2.09. The van der Waals surface area contributed by atoms with E-state index < -0.39 is 0 Å². The summed E-state index contributed by atoms with van der Waals surface area (Å²) in [4.78, 5) is 21.3. The fraction of sp³-hybridized carbons (Fsp3) is 0. The molecule has 0 amide bonds. The molecule has 258 valence electrons. The van der Waals surface area contributed by atoms with Gasteiger partial charge in [0.1, 0.15) is 11.0 Å². The molecule has 4 aromatic heterocycles. The summed E-state index contributed by atoms with van der Waals surface area (Å²) in [5.74, 6) is 1.13. The molecule has 0 saturated carbocycles. The maximum atomic E-state index is 9.24. The maximum Gasteiger partial charge on any atom is 0.227 e. The third-order valence-corrected chi connectivity index (χ3v) is 10.0. The number of para-hydroxylation sites is 4. The minimum absolute atomic E-state index is 0.412. The van der Waals surface area contributed by atoms with E-state index in [4.69, 9.17) is 23.8 Å². The predicted octanol–water partition coefficient (Wildman–Crippen LogP) is 12.7. The standard InChI is InChI=1S/C48H29N5O2/c1-3-9-43-41(7-1)51-47(54-43)32-15-21-37(22-16-32)53(38-23-17-33(18-24-38)48-52-42-8-2-4-10-44(42)55-48)39-25-19-34-28-36(14-13-35(34)29-39)40-26-20-31-12-11-30-6-5-27-49-45(30)46(31)50-40/h1-29H/i13D. The van der Waals surface area contributed by atoms with Gasteiger partial charge in [0, 0.05) is 50.7 Å². The van der Waals surface area contributed by atoms with E-state index in [2.05, 4.69) is 76.6 Å². The van der Waals surface area contributed by atoms with E-state index in [0.29, 0.717) is 17.8 Å². The molecule has 11 aromatic rings. The largest absolute Gasteiger partial charge is 0.436 e. The van der Waals surface area contributed by atoms with Gasteiger partial charge in [-0.1, -0.05) is 66.7 Å². The summed E-state index contributed by atoms with van der Waals surface area (Å²) in [7, 11) is 0. The topological polar surface area (TPSA) is 81.1 Å². The Labute approximate surface area is 316 Å². The van der Waals surface area contributed by atoms with Crippen molar-refractivity contribution in [3.8, 4) is 34.2 Å². The molecule has 0 N–H and O–H groups in total. The molecule has 0 saturated heterocycles. The summed E-state index contributed by atoms with van der Waals surface area (Å²) in [5.41, 5.74) is 11.1. The highest BCUT2D eigenvalue weighted by atomic mass is 16.4. The highest BCUT2D eigenvalue weighted by Crippen LogP contribution is 2.39. The average molecular weight is 709 g/mol. The molecule has 0 fully saturated rings. The third kappa shape index (κ3) is 5.45. The average Bonchev–Trinajstić information content (AvgIpc) is 3.89. The fourth-order valence-electron chi connectivity index (χ4n) is 7.28. The lowest BCUT2D eigenvalue weighted by Gasteiger charge is -2.26. The van der Waals surface area contributed by atoms with Gasteiger partial charge in [0.05, 0.1) is 18.1 Å². The molecule has 0 atom stereocenters. The first kappa shape index (κ1) is 29.9. The summed E-state index contributed by atoms with van der Waals surface area (Å²) < 4.78 is 21.4. The first-order valence-corrected chi connectivity index (χ1v) is 18.0. The Bertz CT molecular complexity index is 3100. The summed E-state index contributed by atoms with van der Waals surface area (Å²) in [5, 5.41) is 3.85. The predicted molar refractivity (Wildman–Crippen MR) is 221 cm³/mol. The molecule has 0 aliphatic rings. The lowest BCUT2D eigenvalue weighted by molar-refractivity contribution is 0.619. The molecule has 0 aliphatic heterocycles. The van der Waals surface area contributed by atoms with E-state index in [0.717, 1.165) is 94.2 Å². The van der Waals surface area contributed by atoms with Crippen LogP contribution in [-0.4, -0.2) is 19.9 Å². The van der Waals surface area contributed by atoms with E-state index in [1.54, 1.807) is 6.20 Å². The summed E-state index contributed by atoms with van der Waals surface area (Å²) in [6.07, 6.45) is 1.80. The first-order valence-electron chi connectivity index (χ1n) is 18.5. The van der Waals surface area contributed by atoms with Crippen molar-refractivity contribution >= 4 is 71.8 Å². The second-order valence-electron chi connectivity index (χ2n) is 13.5. The van der Waals surface area contributed by atoms with Crippen LogP contribution in [0, 0.1) is 0 Å². The summed E-state index contributed by atoms with van der Waals surface area (Å²) >= 11 is 0. The summed E-state index contributed by atoms with van der Waals surface area (Å²) in [6.45, 7) is 0. The van der Waals surface area contributed by atoms with Crippen LogP contribution in [0.25, 0.3) is 88.9 Å². The van der Waals surface area contributed by atoms with Gasteiger partial charge in [-0.3, -0.25) is 4.98 Å². The minimum Gasteiger partial charge on any atom is -0.436 e. The van der Waals surface area contributed by atoms with Crippen LogP contribution in [0.4, 0.5) is 17.1 Å². The molecule has 0 unspecified atom stereocenters. The molecule has 7 nitrogen and oxygen atoms in total. The Morgan fingerprint density at radius 1 is 0.436 bits per heavy atom. The van der Waals surface area contributed by atoms with Gasteiger partial charge < -0.3 is 13.7 Å². The smallest absolute Gasteiger partial charge is 0.227 e. The number of nitrogens with zero attached hydrogens (tertiary/aromatic N) is 5. The van der Waals surface area contributed by atoms with E-state index in [1.165, 1.54) is 0 Å². The highest BCUT2D eigenvalue weighted by Gasteiger charge is 2.17. The van der Waals surface area contributed by atoms with Crippen molar-refractivity contribution in [2.75, 3.05) is 4.90 Å². The van der Waals surface area contributed by atoms with Crippen molar-refractivity contribution < 1.29 is 10.2 Å². The fourth-order valence-corrected chi connectivity index (χ4v) is 7.28. The molecule has 0 bridgehead atoms. The Kier molecular flexibility index (Phi) is 6.79. The first-order chi connectivity index (χ1) is 27.6. The number of benzene rings is 7. The van der Waals surface area contributed by atoms with E-state index >= 15 is 0 Å². The quantitative estimate of drug-likeness (QED) is 0.159. The van der Waals surface area contributed by atoms with Gasteiger partial charge in [-0.15, -0.1) is 0 Å². The van der Waals surface area contributed by atoms with Crippen molar-refractivity contribution in [1.82, 2.24) is 19.9 Å². The Balaban J connectivity index is 0.995. The second-order valence-corrected chi connectivity index (χ2v) is 13.5. The van der Waals surface area contributed by atoms with Crippen molar-refractivity contribution in [2.45, 2.75) is 0 Å². The number of rotatable bonds is 6. The van der Waals surface area contributed by atoms with Crippen LogP contribution in [0.1, 0.15) is 1.37 Å². The number of hydrogen-bond acceptors (Lipinski definition) is 7. The Morgan fingerprint density at radius 2 is 1.02 bits per heavy atom. The van der Waals surface area contributed by atoms with Crippen molar-refractivity contribution in [3.05, 3.63) is 176 Å². The van der Waals surface area contributed by atoms with E-state index in [1.807, 2.05) is 97.1 Å². The SMILES string of the molecule is [2H]c1cc(-c2ccc3ccc4cccnc4c3n2)cc2ccc(N(c3ccc(-c4nc5ccccc5o4)cc3)c3ccc(-c4nc5ccccc5o4)cc3)cc12. The highest BCUT2D eigenvalue weighted by molar-refractivity contribution is 6.03. The van der Waals surface area contributed by atoms with Crippen molar-refractivity contribution in [3.63, 3.8) is 0 Å². The zero-order chi connectivity index (χ0) is 37.2. The molecule has 0 spiro atoms. The van der Waals surface area contributed by atoms with Gasteiger partial charge in [-0.25, -0.2) is 15.0 Å². The van der Waals surface area contributed by atoms with Crippen LogP contribution in [0.5, 0.6) is 0 Å². The number of hydrogen-bond donors (Lipinski definition) is 0. The molecule has 55 heavy (non-hydrogen) atoms. The van der Waals surface area contributed by atoms with Gasteiger partial charge in [0.2, 0.25) is 11.8 Å². The number of aromatic nitrogens is 4. The van der Waals surface area contributed by atoms with Gasteiger partial charge in [0.25, 0.3) is 0 Å². The molecular formula is C48H29N5O2. The molecule has 0 radical (unpaired) electrons. The van der Waals surface area contributed by atoms with E-state index in [9.17, 15) is 1.37 Å². The van der Waals surface area contributed by atoms with Crippen LogP contribution >= 0.6 is 0 Å². The number of fused-ring (bicyclic) bond motifs is 6. The molecule has 0 aliphatic carbocycles. The molecule has 7 aromatic carbocycles. The molecular weight excluding hydrogens is 679 g/mol. The Morgan fingerprint density at radius 3 is 1.67 bits per heavy atom. The molecule has 11 rings (SSSR count). The van der Waals surface area contributed by atoms with Gasteiger partial charge in [-0.05, 0) is 114 Å². The van der Waals surface area contributed by atoms with Crippen LogP contribution < -0.4 is 4.90 Å². The zero-order valence-corrected chi connectivity index (χ0v) is 29.2. The number of oxazole rings is 2. The minimum atomic E-state index is 0.412. The van der Waals surface area contributed by atoms with Crippen LogP contribution in [0.2, 0.25) is 0 Å². The normalized spacial score (nSPS) is 11.9. The third-order valence-electron chi connectivity index (χ3n) is 10.0. The number of pyridine rings is 2. The second kappa shape index (κ2) is 12.5. The van der Waals surface area contributed by atoms with Crippen LogP contribution in [0.3, 0.4) is 0 Å². The molecule has 7 heteroatoms. The summed E-state index contributed by atoms with van der Waals surface area (Å²) in [6, 6.07) is 54.8. The van der Waals surface area contributed by atoms with Gasteiger partial charge >= 0.3 is 0 Å². The van der Waals surface area contributed by atoms with E-state index in [-0.39, 0.29) is 0 Å². The lowest BCUT2D eigenvalue weighted by atomic mass is 10.0. The van der Waals surface area contributed by atoms with Crippen LogP contribution in [0.15, 0.2) is 185 Å².